The highest BCUT2D eigenvalue weighted by Gasteiger charge is 2.30. The average molecular weight is 399 g/mol. The molecular weight excluding hydrogens is 379 g/mol. The van der Waals surface area contributed by atoms with Crippen molar-refractivity contribution in [1.82, 2.24) is 9.97 Å². The van der Waals surface area contributed by atoms with Crippen molar-refractivity contribution in [2.75, 3.05) is 6.54 Å². The lowest BCUT2D eigenvalue weighted by molar-refractivity contribution is -0.137. The number of alkyl halides is 3. The maximum absolute atomic E-state index is 12.7. The lowest BCUT2D eigenvalue weighted by Gasteiger charge is -2.23. The molecule has 1 aromatic carbocycles. The molecule has 0 spiro atoms. The van der Waals surface area contributed by atoms with Gasteiger partial charge in [0.2, 0.25) is 11.6 Å². The molecule has 0 saturated heterocycles. The van der Waals surface area contributed by atoms with E-state index in [2.05, 4.69) is 41.8 Å². The van der Waals surface area contributed by atoms with Gasteiger partial charge < -0.3 is 4.42 Å². The fraction of sp³-hybridized carbons (Fsp3) is 0.318. The maximum atomic E-state index is 12.7. The van der Waals surface area contributed by atoms with E-state index in [1.165, 1.54) is 12.1 Å². The number of benzene rings is 1. The highest BCUT2D eigenvalue weighted by atomic mass is 19.4. The first-order valence-corrected chi connectivity index (χ1v) is 9.31. The maximum Gasteiger partial charge on any atom is 0.416 e. The summed E-state index contributed by atoms with van der Waals surface area (Å²) in [5.74, 6) is 0.243. The molecule has 3 heterocycles. The van der Waals surface area contributed by atoms with Crippen LogP contribution in [0, 0.1) is 5.41 Å². The van der Waals surface area contributed by atoms with E-state index in [-0.39, 0.29) is 11.3 Å². The van der Waals surface area contributed by atoms with Crippen LogP contribution < -0.4 is 0 Å². The first kappa shape index (κ1) is 19.4. The molecule has 3 aromatic rings. The summed E-state index contributed by atoms with van der Waals surface area (Å²) in [7, 11) is 0. The summed E-state index contributed by atoms with van der Waals surface area (Å²) in [5, 5.41) is 0. The third-order valence-electron chi connectivity index (χ3n) is 4.82. The van der Waals surface area contributed by atoms with Crippen LogP contribution in [0.4, 0.5) is 13.2 Å². The van der Waals surface area contributed by atoms with Gasteiger partial charge in [0.1, 0.15) is 5.52 Å². The number of aliphatic imine (C=N–C) groups is 1. The Morgan fingerprint density at radius 1 is 1.00 bits per heavy atom. The van der Waals surface area contributed by atoms with Crippen LogP contribution in [0.25, 0.3) is 28.3 Å². The third kappa shape index (κ3) is 3.95. The van der Waals surface area contributed by atoms with Crippen LogP contribution >= 0.6 is 0 Å². The Kier molecular flexibility index (Phi) is 4.56. The minimum absolute atomic E-state index is 0.0349. The van der Waals surface area contributed by atoms with Gasteiger partial charge in [-0.3, -0.25) is 4.99 Å². The molecule has 29 heavy (non-hydrogen) atoms. The zero-order valence-corrected chi connectivity index (χ0v) is 16.3. The Morgan fingerprint density at radius 2 is 1.72 bits per heavy atom. The second kappa shape index (κ2) is 6.83. The summed E-state index contributed by atoms with van der Waals surface area (Å²) < 4.78 is 43.9. The van der Waals surface area contributed by atoms with E-state index in [1.807, 2.05) is 6.07 Å². The zero-order valence-electron chi connectivity index (χ0n) is 16.3. The first-order valence-electron chi connectivity index (χ1n) is 9.31. The number of nitrogens with zero attached hydrogens (tertiary/aromatic N) is 3. The van der Waals surface area contributed by atoms with Crippen molar-refractivity contribution in [1.29, 1.82) is 0 Å². The van der Waals surface area contributed by atoms with Gasteiger partial charge in [-0.25, -0.2) is 9.97 Å². The number of rotatable bonds is 2. The fourth-order valence-electron chi connectivity index (χ4n) is 3.19. The van der Waals surface area contributed by atoms with Gasteiger partial charge in [0.05, 0.1) is 5.56 Å². The molecule has 4 nitrogen and oxygen atoms in total. The summed E-state index contributed by atoms with van der Waals surface area (Å²) in [5.41, 5.74) is 3.77. The van der Waals surface area contributed by atoms with E-state index >= 15 is 0 Å². The number of fused-ring (bicyclic) bond motifs is 1. The molecule has 0 saturated carbocycles. The molecule has 0 fully saturated rings. The zero-order chi connectivity index (χ0) is 20.8. The van der Waals surface area contributed by atoms with E-state index in [4.69, 9.17) is 4.42 Å². The van der Waals surface area contributed by atoms with Crippen molar-refractivity contribution in [2.45, 2.75) is 33.4 Å². The van der Waals surface area contributed by atoms with Crippen molar-refractivity contribution in [3.05, 3.63) is 53.7 Å². The average Bonchev–Trinajstić information content (AvgIpc) is 3.10. The van der Waals surface area contributed by atoms with E-state index in [0.717, 1.165) is 41.9 Å². The fourth-order valence-corrected chi connectivity index (χ4v) is 3.19. The van der Waals surface area contributed by atoms with E-state index in [1.54, 1.807) is 6.20 Å². The summed E-state index contributed by atoms with van der Waals surface area (Å²) in [6, 6.07) is 6.64. The number of hydrogen-bond donors (Lipinski definition) is 0. The molecule has 1 aliphatic heterocycles. The van der Waals surface area contributed by atoms with Gasteiger partial charge in [0.15, 0.2) is 0 Å². The Bertz CT molecular complexity index is 1120. The topological polar surface area (TPSA) is 51.3 Å². The van der Waals surface area contributed by atoms with Crippen LogP contribution in [0.5, 0.6) is 0 Å². The van der Waals surface area contributed by atoms with Gasteiger partial charge in [0, 0.05) is 29.4 Å². The molecular formula is C22H20F3N3O. The molecule has 2 aromatic heterocycles. The van der Waals surface area contributed by atoms with Gasteiger partial charge in [0.25, 0.3) is 0 Å². The number of dihydropyridines is 1. The van der Waals surface area contributed by atoms with E-state index < -0.39 is 11.7 Å². The molecule has 0 radical (unpaired) electrons. The quantitative estimate of drug-likeness (QED) is 0.517. The van der Waals surface area contributed by atoms with Gasteiger partial charge in [-0.15, -0.1) is 0 Å². The van der Waals surface area contributed by atoms with Gasteiger partial charge in [-0.05, 0) is 54.0 Å². The Balaban J connectivity index is 1.67. The smallest absolute Gasteiger partial charge is 0.416 e. The van der Waals surface area contributed by atoms with Crippen molar-refractivity contribution < 1.29 is 17.6 Å². The van der Waals surface area contributed by atoms with Crippen LogP contribution in [0.15, 0.2) is 52.0 Å². The largest absolute Gasteiger partial charge is 0.418 e. The molecule has 0 bridgehead atoms. The first-order chi connectivity index (χ1) is 13.6. The Labute approximate surface area is 166 Å². The number of allylic oxidation sites excluding steroid dienone is 1. The number of aromatic nitrogens is 2. The number of pyridine rings is 1. The predicted molar refractivity (Wildman–Crippen MR) is 107 cm³/mol. The standard InChI is InChI=1S/C22H20F3N3O/c1-21(2,3)18-11-14(8-9-26-18)15-10-17-20(27-12-15)29-19(28-17)13-4-6-16(7-5-13)22(23,24)25/h4-7,10-12H,8-9H2,1-3H3. The molecule has 0 atom stereocenters. The normalized spacial score (nSPS) is 15.4. The van der Waals surface area contributed by atoms with Crippen LogP contribution in [0.1, 0.15) is 38.3 Å². The molecule has 7 heteroatoms. The lowest BCUT2D eigenvalue weighted by Crippen LogP contribution is -2.21. The van der Waals surface area contributed by atoms with Crippen molar-refractivity contribution in [2.24, 2.45) is 10.4 Å². The second-order valence-corrected chi connectivity index (χ2v) is 8.08. The lowest BCUT2D eigenvalue weighted by atomic mass is 9.86. The summed E-state index contributed by atoms with van der Waals surface area (Å²) in [4.78, 5) is 13.4. The Hall–Kier alpha value is -2.96. The molecule has 0 unspecified atom stereocenters. The third-order valence-corrected chi connectivity index (χ3v) is 4.82. The van der Waals surface area contributed by atoms with Crippen LogP contribution in [-0.2, 0) is 6.18 Å². The predicted octanol–water partition coefficient (Wildman–Crippen LogP) is 6.18. The highest BCUT2D eigenvalue weighted by Crippen LogP contribution is 2.32. The van der Waals surface area contributed by atoms with Gasteiger partial charge >= 0.3 is 6.18 Å². The van der Waals surface area contributed by atoms with Crippen LogP contribution in [-0.4, -0.2) is 22.2 Å². The van der Waals surface area contributed by atoms with Gasteiger partial charge in [-0.1, -0.05) is 20.8 Å². The minimum atomic E-state index is -4.38. The van der Waals surface area contributed by atoms with E-state index in [0.29, 0.717) is 16.8 Å². The number of oxazole rings is 1. The van der Waals surface area contributed by atoms with Crippen LogP contribution in [0.2, 0.25) is 0 Å². The molecule has 0 amide bonds. The van der Waals surface area contributed by atoms with E-state index in [9.17, 15) is 13.2 Å². The monoisotopic (exact) mass is 399 g/mol. The van der Waals surface area contributed by atoms with Crippen LogP contribution in [0.3, 0.4) is 0 Å². The molecule has 0 aliphatic carbocycles. The summed E-state index contributed by atoms with van der Waals surface area (Å²) >= 11 is 0. The highest BCUT2D eigenvalue weighted by molar-refractivity contribution is 6.05. The molecule has 0 N–H and O–H groups in total. The van der Waals surface area contributed by atoms with Crippen molar-refractivity contribution >= 4 is 22.5 Å². The Morgan fingerprint density at radius 3 is 2.38 bits per heavy atom. The van der Waals surface area contributed by atoms with Crippen molar-refractivity contribution in [3.8, 4) is 11.5 Å². The SMILES string of the molecule is CC(C)(C)C1=NCCC(c2cnc3oc(-c4ccc(C(F)(F)F)cc4)nc3c2)=C1. The van der Waals surface area contributed by atoms with Crippen molar-refractivity contribution in [3.63, 3.8) is 0 Å². The molecule has 150 valence electrons. The molecule has 4 rings (SSSR count). The number of hydrogen-bond acceptors (Lipinski definition) is 4. The summed E-state index contributed by atoms with van der Waals surface area (Å²) in [6.07, 6.45) is 0.278. The second-order valence-electron chi connectivity index (χ2n) is 8.08. The van der Waals surface area contributed by atoms with Gasteiger partial charge in [-0.2, -0.15) is 13.2 Å². The minimum Gasteiger partial charge on any atom is -0.418 e. The summed E-state index contributed by atoms with van der Waals surface area (Å²) in [6.45, 7) is 7.11. The number of halogens is 3. The molecule has 1 aliphatic rings.